The van der Waals surface area contributed by atoms with E-state index in [1.165, 1.54) is 22.7 Å². The molecular formula is C14H12BrN3OS2. The predicted octanol–water partition coefficient (Wildman–Crippen LogP) is 4.89. The largest absolute Gasteiger partial charge is 0.296 e. The average molecular weight is 382 g/mol. The fourth-order valence-electron chi connectivity index (χ4n) is 1.94. The smallest absolute Gasteiger partial charge is 0.277 e. The quantitative estimate of drug-likeness (QED) is 0.702. The van der Waals surface area contributed by atoms with E-state index in [4.69, 9.17) is 0 Å². The SMILES string of the molecule is CC(C)c1sc(Br)nc1C(=O)Nc1nc2ccccc2s1. The van der Waals surface area contributed by atoms with E-state index >= 15 is 0 Å². The van der Waals surface area contributed by atoms with E-state index in [1.807, 2.05) is 24.3 Å². The molecule has 2 heterocycles. The van der Waals surface area contributed by atoms with Crippen molar-refractivity contribution in [3.05, 3.63) is 38.8 Å². The Bertz CT molecular complexity index is 777. The number of nitrogens with one attached hydrogen (secondary N) is 1. The average Bonchev–Trinajstić information content (AvgIpc) is 3.01. The van der Waals surface area contributed by atoms with Gasteiger partial charge in [-0.3, -0.25) is 10.1 Å². The molecule has 7 heteroatoms. The molecule has 0 saturated heterocycles. The third-order valence-electron chi connectivity index (χ3n) is 2.88. The highest BCUT2D eigenvalue weighted by Crippen LogP contribution is 2.31. The molecule has 0 atom stereocenters. The van der Waals surface area contributed by atoms with E-state index < -0.39 is 0 Å². The summed E-state index contributed by atoms with van der Waals surface area (Å²) in [5.41, 5.74) is 1.36. The summed E-state index contributed by atoms with van der Waals surface area (Å²) < 4.78 is 1.77. The third-order valence-corrected chi connectivity index (χ3v) is 5.64. The van der Waals surface area contributed by atoms with Crippen molar-refractivity contribution in [1.29, 1.82) is 0 Å². The van der Waals surface area contributed by atoms with Gasteiger partial charge in [-0.2, -0.15) is 0 Å². The second-order valence-electron chi connectivity index (χ2n) is 4.78. The minimum atomic E-state index is -0.209. The lowest BCUT2D eigenvalue weighted by atomic mass is 10.1. The normalized spacial score (nSPS) is 11.2. The van der Waals surface area contributed by atoms with Crippen LogP contribution in [0.2, 0.25) is 0 Å². The molecule has 1 amide bonds. The number of amides is 1. The number of anilines is 1. The number of para-hydroxylation sites is 1. The molecule has 3 aromatic rings. The first-order valence-electron chi connectivity index (χ1n) is 6.37. The van der Waals surface area contributed by atoms with Crippen molar-refractivity contribution in [2.24, 2.45) is 0 Å². The van der Waals surface area contributed by atoms with E-state index in [0.29, 0.717) is 10.8 Å². The Kier molecular flexibility index (Phi) is 4.05. The van der Waals surface area contributed by atoms with E-state index in [1.54, 1.807) is 0 Å². The van der Waals surface area contributed by atoms with Crippen LogP contribution in [0.25, 0.3) is 10.2 Å². The van der Waals surface area contributed by atoms with Crippen molar-refractivity contribution < 1.29 is 4.79 Å². The lowest BCUT2D eigenvalue weighted by Gasteiger charge is -2.04. The number of thiazole rings is 2. The standard InChI is InChI=1S/C14H12BrN3OS2/c1-7(2)11-10(17-13(15)21-11)12(19)18-14-16-8-5-3-4-6-9(8)20-14/h3-7H,1-2H3,(H,16,18,19). The summed E-state index contributed by atoms with van der Waals surface area (Å²) in [5, 5.41) is 3.45. The summed E-state index contributed by atoms with van der Waals surface area (Å²) >= 11 is 6.30. The summed E-state index contributed by atoms with van der Waals surface area (Å²) in [5.74, 6) is 0.0459. The van der Waals surface area contributed by atoms with E-state index in [0.717, 1.165) is 19.0 Å². The van der Waals surface area contributed by atoms with Crippen LogP contribution in [0.4, 0.5) is 5.13 Å². The van der Waals surface area contributed by atoms with Crippen molar-refractivity contribution in [2.45, 2.75) is 19.8 Å². The lowest BCUT2D eigenvalue weighted by Crippen LogP contribution is -2.14. The van der Waals surface area contributed by atoms with E-state index in [9.17, 15) is 4.79 Å². The van der Waals surface area contributed by atoms with Crippen LogP contribution in [0, 0.1) is 0 Å². The maximum atomic E-state index is 12.4. The second-order valence-corrected chi connectivity index (χ2v) is 8.11. The van der Waals surface area contributed by atoms with Gasteiger partial charge in [0.15, 0.2) is 9.05 Å². The Balaban J connectivity index is 1.89. The van der Waals surface area contributed by atoms with Gasteiger partial charge in [0, 0.05) is 4.88 Å². The van der Waals surface area contributed by atoms with Gasteiger partial charge in [-0.15, -0.1) is 11.3 Å². The number of nitrogens with zero attached hydrogens (tertiary/aromatic N) is 2. The first-order chi connectivity index (χ1) is 10.0. The Hall–Kier alpha value is -1.31. The molecule has 0 radical (unpaired) electrons. The molecule has 0 aliphatic heterocycles. The van der Waals surface area contributed by atoms with E-state index in [-0.39, 0.29) is 11.8 Å². The summed E-state index contributed by atoms with van der Waals surface area (Å²) in [7, 11) is 0. The van der Waals surface area contributed by atoms with E-state index in [2.05, 4.69) is 45.1 Å². The van der Waals surface area contributed by atoms with Gasteiger partial charge in [-0.25, -0.2) is 9.97 Å². The number of carbonyl (C=O) groups is 1. The molecule has 1 aromatic carbocycles. The van der Waals surface area contributed by atoms with Gasteiger partial charge >= 0.3 is 0 Å². The molecule has 0 saturated carbocycles. The van der Waals surface area contributed by atoms with Crippen LogP contribution in [-0.4, -0.2) is 15.9 Å². The fraction of sp³-hybridized carbons (Fsp3) is 0.214. The van der Waals surface area contributed by atoms with Gasteiger partial charge in [-0.1, -0.05) is 37.3 Å². The van der Waals surface area contributed by atoms with Crippen LogP contribution in [0.15, 0.2) is 28.2 Å². The second kappa shape index (κ2) is 5.82. The van der Waals surface area contributed by atoms with Crippen LogP contribution in [0.3, 0.4) is 0 Å². The molecule has 4 nitrogen and oxygen atoms in total. The predicted molar refractivity (Wildman–Crippen MR) is 91.5 cm³/mol. The summed E-state index contributed by atoms with van der Waals surface area (Å²) in [4.78, 5) is 22.1. The molecule has 3 rings (SSSR count). The topological polar surface area (TPSA) is 54.9 Å². The molecule has 108 valence electrons. The zero-order valence-electron chi connectivity index (χ0n) is 11.4. The zero-order chi connectivity index (χ0) is 15.0. The number of aromatic nitrogens is 2. The van der Waals surface area contributed by atoms with Gasteiger partial charge in [-0.05, 0) is 34.0 Å². The minimum absolute atomic E-state index is 0.209. The first kappa shape index (κ1) is 14.6. The summed E-state index contributed by atoms with van der Waals surface area (Å²) in [6.45, 7) is 4.10. The monoisotopic (exact) mass is 381 g/mol. The molecule has 0 unspecified atom stereocenters. The molecule has 0 bridgehead atoms. The van der Waals surface area contributed by atoms with Crippen molar-refractivity contribution >= 4 is 59.9 Å². The Morgan fingerprint density at radius 2 is 2.00 bits per heavy atom. The molecule has 0 aliphatic carbocycles. The number of carbonyl (C=O) groups excluding carboxylic acids is 1. The minimum Gasteiger partial charge on any atom is -0.296 e. The van der Waals surface area contributed by atoms with Gasteiger partial charge in [0.2, 0.25) is 0 Å². The molecular weight excluding hydrogens is 370 g/mol. The Labute approximate surface area is 138 Å². The van der Waals surface area contributed by atoms with Crippen LogP contribution < -0.4 is 5.32 Å². The third kappa shape index (κ3) is 3.00. The molecule has 0 spiro atoms. The first-order valence-corrected chi connectivity index (χ1v) is 8.80. The molecule has 2 aromatic heterocycles. The number of rotatable bonds is 3. The number of benzene rings is 1. The maximum absolute atomic E-state index is 12.4. The Morgan fingerprint density at radius 1 is 1.24 bits per heavy atom. The molecule has 0 aliphatic rings. The van der Waals surface area contributed by atoms with Gasteiger partial charge in [0.25, 0.3) is 5.91 Å². The van der Waals surface area contributed by atoms with Crippen LogP contribution in [0.5, 0.6) is 0 Å². The maximum Gasteiger partial charge on any atom is 0.277 e. The van der Waals surface area contributed by atoms with Crippen LogP contribution >= 0.6 is 38.6 Å². The van der Waals surface area contributed by atoms with Gasteiger partial charge in [0.1, 0.15) is 5.69 Å². The van der Waals surface area contributed by atoms with Crippen LogP contribution in [0.1, 0.15) is 35.1 Å². The lowest BCUT2D eigenvalue weighted by molar-refractivity contribution is 0.102. The van der Waals surface area contributed by atoms with Gasteiger partial charge in [0.05, 0.1) is 10.2 Å². The van der Waals surface area contributed by atoms with Crippen LogP contribution in [-0.2, 0) is 0 Å². The highest BCUT2D eigenvalue weighted by atomic mass is 79.9. The molecule has 1 N–H and O–H groups in total. The number of halogens is 1. The fourth-order valence-corrected chi connectivity index (χ4v) is 4.29. The zero-order valence-corrected chi connectivity index (χ0v) is 14.6. The number of hydrogen-bond donors (Lipinski definition) is 1. The van der Waals surface area contributed by atoms with Gasteiger partial charge < -0.3 is 0 Å². The van der Waals surface area contributed by atoms with Crippen molar-refractivity contribution in [2.75, 3.05) is 5.32 Å². The number of hydrogen-bond acceptors (Lipinski definition) is 5. The molecule has 0 fully saturated rings. The highest BCUT2D eigenvalue weighted by Gasteiger charge is 2.20. The van der Waals surface area contributed by atoms with Crippen molar-refractivity contribution in [3.8, 4) is 0 Å². The molecule has 21 heavy (non-hydrogen) atoms. The Morgan fingerprint density at radius 3 is 2.71 bits per heavy atom. The van der Waals surface area contributed by atoms with Crippen molar-refractivity contribution in [3.63, 3.8) is 0 Å². The number of fused-ring (bicyclic) bond motifs is 1. The summed E-state index contributed by atoms with van der Waals surface area (Å²) in [6, 6.07) is 7.81. The summed E-state index contributed by atoms with van der Waals surface area (Å²) in [6.07, 6.45) is 0. The van der Waals surface area contributed by atoms with Crippen molar-refractivity contribution in [1.82, 2.24) is 9.97 Å². The highest BCUT2D eigenvalue weighted by molar-refractivity contribution is 9.11.